The van der Waals surface area contributed by atoms with Gasteiger partial charge in [-0.25, -0.2) is 18.4 Å². The summed E-state index contributed by atoms with van der Waals surface area (Å²) in [4.78, 5) is 25.0. The number of carboxylic acid groups (broad SMARTS) is 1. The number of amides is 1. The van der Waals surface area contributed by atoms with Gasteiger partial charge in [0.15, 0.2) is 0 Å². The summed E-state index contributed by atoms with van der Waals surface area (Å²) >= 11 is 0. The van der Waals surface area contributed by atoms with Crippen LogP contribution in [0.2, 0.25) is 0 Å². The maximum atomic E-state index is 12.1. The van der Waals surface area contributed by atoms with E-state index in [1.54, 1.807) is 0 Å². The monoisotopic (exact) mass is 318 g/mol. The van der Waals surface area contributed by atoms with E-state index in [1.807, 2.05) is 0 Å². The average molecular weight is 318 g/mol. The van der Waals surface area contributed by atoms with Crippen LogP contribution in [0.25, 0.3) is 0 Å². The Morgan fingerprint density at radius 2 is 1.95 bits per heavy atom. The minimum absolute atomic E-state index is 0.0339. The zero-order chi connectivity index (χ0) is 15.6. The summed E-state index contributed by atoms with van der Waals surface area (Å²) in [7, 11) is -3.65. The quantitative estimate of drug-likeness (QED) is 0.748. The molecule has 1 saturated heterocycles. The predicted octanol–water partition coefficient (Wildman–Crippen LogP) is 0.157. The molecular formula is C13H22N2O5S. The Bertz CT molecular complexity index is 513. The fourth-order valence-corrected chi connectivity index (χ4v) is 4.44. The number of primary sulfonamides is 1. The third-order valence-electron chi connectivity index (χ3n) is 4.39. The molecule has 0 bridgehead atoms. The molecule has 8 heteroatoms. The van der Waals surface area contributed by atoms with E-state index in [9.17, 15) is 23.1 Å². The number of sulfonamides is 1. The highest BCUT2D eigenvalue weighted by Crippen LogP contribution is 2.32. The molecule has 1 amide bonds. The molecule has 21 heavy (non-hydrogen) atoms. The van der Waals surface area contributed by atoms with Crippen LogP contribution < -0.4 is 5.14 Å². The van der Waals surface area contributed by atoms with E-state index < -0.39 is 28.0 Å². The van der Waals surface area contributed by atoms with Crippen molar-refractivity contribution >= 4 is 21.9 Å². The van der Waals surface area contributed by atoms with Gasteiger partial charge < -0.3 is 10.0 Å². The fraction of sp³-hybridized carbons (Fsp3) is 0.846. The van der Waals surface area contributed by atoms with Gasteiger partial charge in [0.05, 0.1) is 5.75 Å². The lowest BCUT2D eigenvalue weighted by Crippen LogP contribution is -2.47. The summed E-state index contributed by atoms with van der Waals surface area (Å²) < 4.78 is 22.3. The maximum absolute atomic E-state index is 12.1. The molecule has 1 aliphatic carbocycles. The molecule has 1 aliphatic heterocycles. The number of carboxylic acids is 1. The van der Waals surface area contributed by atoms with Gasteiger partial charge in [0.2, 0.25) is 15.9 Å². The number of carbonyl (C=O) groups excluding carboxylic acids is 1. The van der Waals surface area contributed by atoms with E-state index >= 15 is 0 Å². The van der Waals surface area contributed by atoms with Crippen molar-refractivity contribution in [1.29, 1.82) is 0 Å². The van der Waals surface area contributed by atoms with Crippen LogP contribution in [-0.2, 0) is 19.6 Å². The standard InChI is InChI=1S/C13H22N2O5S/c14-21(19,20)8-9-6-11(16)15(7-9)12(13(17)18)10-4-2-1-3-5-10/h9-10,12H,1-8H2,(H,17,18)(H2,14,19,20)/t9?,12-/m0/s1. The number of rotatable bonds is 5. The van der Waals surface area contributed by atoms with Crippen molar-refractivity contribution in [3.05, 3.63) is 0 Å². The van der Waals surface area contributed by atoms with Crippen LogP contribution in [0.4, 0.5) is 0 Å². The largest absolute Gasteiger partial charge is 0.480 e. The smallest absolute Gasteiger partial charge is 0.326 e. The van der Waals surface area contributed by atoms with Crippen LogP contribution in [0, 0.1) is 11.8 Å². The number of hydrogen-bond donors (Lipinski definition) is 2. The second-order valence-corrected chi connectivity index (χ2v) is 7.79. The van der Waals surface area contributed by atoms with Crippen molar-refractivity contribution in [3.8, 4) is 0 Å². The lowest BCUT2D eigenvalue weighted by atomic mass is 9.83. The maximum Gasteiger partial charge on any atom is 0.326 e. The van der Waals surface area contributed by atoms with E-state index in [0.29, 0.717) is 0 Å². The van der Waals surface area contributed by atoms with Gasteiger partial charge in [-0.3, -0.25) is 4.79 Å². The summed E-state index contributed by atoms with van der Waals surface area (Å²) in [5, 5.41) is 14.5. The van der Waals surface area contributed by atoms with Crippen LogP contribution in [0.5, 0.6) is 0 Å². The number of nitrogens with two attached hydrogens (primary N) is 1. The van der Waals surface area contributed by atoms with Gasteiger partial charge in [-0.1, -0.05) is 19.3 Å². The van der Waals surface area contributed by atoms with Gasteiger partial charge in [0.1, 0.15) is 6.04 Å². The van der Waals surface area contributed by atoms with Gasteiger partial charge in [0, 0.05) is 18.9 Å². The molecule has 1 heterocycles. The van der Waals surface area contributed by atoms with Crippen LogP contribution in [0.1, 0.15) is 38.5 Å². The SMILES string of the molecule is NS(=O)(=O)CC1CC(=O)N([C@H](C(=O)O)C2CCCCC2)C1. The Morgan fingerprint density at radius 1 is 1.33 bits per heavy atom. The Balaban J connectivity index is 2.10. The van der Waals surface area contributed by atoms with Crippen LogP contribution in [0.15, 0.2) is 0 Å². The zero-order valence-electron chi connectivity index (χ0n) is 11.9. The first-order valence-electron chi connectivity index (χ1n) is 7.30. The number of hydrogen-bond acceptors (Lipinski definition) is 4. The fourth-order valence-electron chi connectivity index (χ4n) is 3.56. The summed E-state index contributed by atoms with van der Waals surface area (Å²) in [6, 6.07) is -0.830. The van der Waals surface area contributed by atoms with Gasteiger partial charge in [-0.2, -0.15) is 0 Å². The number of nitrogens with zero attached hydrogens (tertiary/aromatic N) is 1. The summed E-state index contributed by atoms with van der Waals surface area (Å²) in [5.74, 6) is -1.98. The topological polar surface area (TPSA) is 118 Å². The molecular weight excluding hydrogens is 296 g/mol. The van der Waals surface area contributed by atoms with Crippen molar-refractivity contribution in [2.45, 2.75) is 44.6 Å². The molecule has 2 fully saturated rings. The molecule has 2 atom stereocenters. The molecule has 1 unspecified atom stereocenters. The lowest BCUT2D eigenvalue weighted by Gasteiger charge is -2.33. The van der Waals surface area contributed by atoms with Gasteiger partial charge in [-0.15, -0.1) is 0 Å². The molecule has 0 radical (unpaired) electrons. The lowest BCUT2D eigenvalue weighted by molar-refractivity contribution is -0.151. The second kappa shape index (κ2) is 6.31. The molecule has 0 spiro atoms. The Labute approximate surface area is 124 Å². The normalized spacial score (nSPS) is 26.0. The summed E-state index contributed by atoms with van der Waals surface area (Å²) in [6.07, 6.45) is 4.74. The molecule has 2 aliphatic rings. The Kier molecular flexibility index (Phi) is 4.88. The minimum Gasteiger partial charge on any atom is -0.480 e. The number of carbonyl (C=O) groups is 2. The molecule has 0 aromatic rings. The molecule has 2 rings (SSSR count). The molecule has 7 nitrogen and oxygen atoms in total. The highest BCUT2D eigenvalue weighted by Gasteiger charge is 2.42. The minimum atomic E-state index is -3.65. The van der Waals surface area contributed by atoms with Gasteiger partial charge >= 0.3 is 5.97 Å². The summed E-state index contributed by atoms with van der Waals surface area (Å²) in [6.45, 7) is 0.169. The van der Waals surface area contributed by atoms with Crippen LogP contribution >= 0.6 is 0 Å². The van der Waals surface area contributed by atoms with Crippen LogP contribution in [0.3, 0.4) is 0 Å². The second-order valence-electron chi connectivity index (χ2n) is 6.13. The Morgan fingerprint density at radius 3 is 2.48 bits per heavy atom. The van der Waals surface area contributed by atoms with E-state index in [2.05, 4.69) is 0 Å². The first-order chi connectivity index (χ1) is 9.78. The number of aliphatic carboxylic acids is 1. The third-order valence-corrected chi connectivity index (χ3v) is 5.33. The van der Waals surface area contributed by atoms with E-state index in [1.165, 1.54) is 4.90 Å². The third kappa shape index (κ3) is 4.16. The molecule has 0 aromatic carbocycles. The van der Waals surface area contributed by atoms with Crippen molar-refractivity contribution in [2.24, 2.45) is 17.0 Å². The summed E-state index contributed by atoms with van der Waals surface area (Å²) in [5.41, 5.74) is 0. The first kappa shape index (κ1) is 16.2. The molecule has 120 valence electrons. The van der Waals surface area contributed by atoms with Crippen molar-refractivity contribution in [1.82, 2.24) is 4.90 Å². The number of likely N-dealkylation sites (tertiary alicyclic amines) is 1. The highest BCUT2D eigenvalue weighted by molar-refractivity contribution is 7.89. The van der Waals surface area contributed by atoms with Gasteiger partial charge in [-0.05, 0) is 18.8 Å². The van der Waals surface area contributed by atoms with Crippen molar-refractivity contribution in [3.63, 3.8) is 0 Å². The van der Waals surface area contributed by atoms with Gasteiger partial charge in [0.25, 0.3) is 0 Å². The molecule has 1 saturated carbocycles. The average Bonchev–Trinajstić information content (AvgIpc) is 2.69. The van der Waals surface area contributed by atoms with E-state index in [-0.39, 0.29) is 30.5 Å². The Hall–Kier alpha value is -1.15. The first-order valence-corrected chi connectivity index (χ1v) is 9.02. The highest BCUT2D eigenvalue weighted by atomic mass is 32.2. The van der Waals surface area contributed by atoms with Crippen molar-refractivity contribution in [2.75, 3.05) is 12.3 Å². The predicted molar refractivity (Wildman–Crippen MR) is 75.8 cm³/mol. The molecule has 0 aromatic heterocycles. The zero-order valence-corrected chi connectivity index (χ0v) is 12.7. The van der Waals surface area contributed by atoms with E-state index in [4.69, 9.17) is 5.14 Å². The van der Waals surface area contributed by atoms with Crippen LogP contribution in [-0.4, -0.2) is 48.6 Å². The van der Waals surface area contributed by atoms with Crippen molar-refractivity contribution < 1.29 is 23.1 Å². The molecule has 3 N–H and O–H groups in total. The van der Waals surface area contributed by atoms with E-state index in [0.717, 1.165) is 32.1 Å².